The predicted molar refractivity (Wildman–Crippen MR) is 70.8 cm³/mol. The van der Waals surface area contributed by atoms with Crippen LogP contribution in [0.1, 0.15) is 5.56 Å². The molecule has 0 atom stereocenters. The van der Waals surface area contributed by atoms with Crippen molar-refractivity contribution in [1.82, 2.24) is 14.8 Å². The van der Waals surface area contributed by atoms with Gasteiger partial charge in [-0.3, -0.25) is 4.72 Å². The third kappa shape index (κ3) is 2.78. The van der Waals surface area contributed by atoms with Crippen molar-refractivity contribution < 1.29 is 8.42 Å². The molecule has 0 unspecified atom stereocenters. The number of hydrogen-bond donors (Lipinski definition) is 2. The van der Waals surface area contributed by atoms with Crippen molar-refractivity contribution in [1.29, 1.82) is 0 Å². The molecule has 0 bridgehead atoms. The monoisotopic (exact) mass is 301 g/mol. The van der Waals surface area contributed by atoms with E-state index in [1.807, 2.05) is 0 Å². The van der Waals surface area contributed by atoms with E-state index in [0.717, 1.165) is 11.5 Å². The molecule has 1 aromatic carbocycles. The van der Waals surface area contributed by atoms with Crippen molar-refractivity contribution in [2.75, 3.05) is 4.72 Å². The van der Waals surface area contributed by atoms with E-state index in [2.05, 4.69) is 19.5 Å². The Labute approximate surface area is 112 Å². The van der Waals surface area contributed by atoms with E-state index in [1.165, 1.54) is 12.1 Å². The van der Waals surface area contributed by atoms with E-state index in [0.29, 0.717) is 5.56 Å². The summed E-state index contributed by atoms with van der Waals surface area (Å²) >= 11 is 5.63. The van der Waals surface area contributed by atoms with Gasteiger partial charge in [-0.2, -0.15) is 0 Å². The van der Waals surface area contributed by atoms with Gasteiger partial charge in [0.05, 0.1) is 4.90 Å². The van der Waals surface area contributed by atoms with Crippen LogP contribution in [-0.2, 0) is 10.0 Å². The molecule has 0 amide bonds. The van der Waals surface area contributed by atoms with Gasteiger partial charge in [-0.1, -0.05) is 33.9 Å². The van der Waals surface area contributed by atoms with E-state index < -0.39 is 10.0 Å². The van der Waals surface area contributed by atoms with Crippen molar-refractivity contribution in [3.05, 3.63) is 29.8 Å². The third-order valence-electron chi connectivity index (χ3n) is 1.95. The summed E-state index contributed by atoms with van der Waals surface area (Å²) in [6.45, 7) is 0. The Hall–Kier alpha value is -1.65. The number of nitrogens with one attached hydrogen (secondary N) is 1. The highest BCUT2D eigenvalue weighted by atomic mass is 32.2. The molecule has 0 saturated heterocycles. The summed E-state index contributed by atoms with van der Waals surface area (Å²) in [4.78, 5) is 0.174. The summed E-state index contributed by atoms with van der Waals surface area (Å²) in [6, 6.07) is 6.01. The van der Waals surface area contributed by atoms with Crippen molar-refractivity contribution in [3.63, 3.8) is 0 Å². The molecule has 10 heteroatoms. The van der Waals surface area contributed by atoms with Gasteiger partial charge in [0.15, 0.2) is 0 Å². The predicted octanol–water partition coefficient (Wildman–Crippen LogP) is 0.368. The zero-order valence-corrected chi connectivity index (χ0v) is 11.2. The van der Waals surface area contributed by atoms with Gasteiger partial charge in [-0.05, 0) is 17.3 Å². The third-order valence-corrected chi connectivity index (χ3v) is 4.16. The van der Waals surface area contributed by atoms with E-state index in [9.17, 15) is 8.42 Å². The fourth-order valence-corrected chi connectivity index (χ4v) is 2.92. The van der Waals surface area contributed by atoms with Gasteiger partial charge >= 0.3 is 0 Å². The topological polar surface area (TPSA) is 111 Å². The fraction of sp³-hybridized carbons (Fsp3) is 0. The largest absolute Gasteiger partial charge is 0.389 e. The maximum absolute atomic E-state index is 12.0. The van der Waals surface area contributed by atoms with Crippen LogP contribution in [0, 0.1) is 0 Å². The molecule has 1 aromatic heterocycles. The van der Waals surface area contributed by atoms with Gasteiger partial charge in [-0.15, -0.1) is 0 Å². The Morgan fingerprint density at radius 3 is 2.83 bits per heavy atom. The SMILES string of the molecule is NC(=S)c1cccc(S(=O)(=O)Nc2nnns2)c1. The first-order valence-electron chi connectivity index (χ1n) is 4.57. The molecule has 2 aromatic rings. The second-order valence-corrected chi connectivity index (χ2v) is 6.02. The summed E-state index contributed by atoms with van der Waals surface area (Å²) in [6.07, 6.45) is 0. The van der Waals surface area contributed by atoms with E-state index in [1.54, 1.807) is 12.1 Å². The van der Waals surface area contributed by atoms with Gasteiger partial charge in [0.1, 0.15) is 4.99 Å². The van der Waals surface area contributed by atoms with Gasteiger partial charge in [0.2, 0.25) is 5.13 Å². The van der Waals surface area contributed by atoms with Crippen LogP contribution >= 0.6 is 23.8 Å². The minimum absolute atomic E-state index is 0.0444. The van der Waals surface area contributed by atoms with Gasteiger partial charge in [0.25, 0.3) is 10.0 Å². The van der Waals surface area contributed by atoms with Crippen molar-refractivity contribution in [3.8, 4) is 0 Å². The number of hydrogen-bond acceptors (Lipinski definition) is 7. The summed E-state index contributed by atoms with van der Waals surface area (Å²) in [5.74, 6) is 0. The van der Waals surface area contributed by atoms with Crippen LogP contribution in [0.25, 0.3) is 0 Å². The Morgan fingerprint density at radius 1 is 1.44 bits per heavy atom. The maximum Gasteiger partial charge on any atom is 0.263 e. The lowest BCUT2D eigenvalue weighted by molar-refractivity contribution is 0.601. The molecule has 0 aliphatic heterocycles. The van der Waals surface area contributed by atoms with Crippen molar-refractivity contribution in [2.24, 2.45) is 5.73 Å². The summed E-state index contributed by atoms with van der Waals surface area (Å²) in [5, 5.41) is 6.89. The Kier molecular flexibility index (Phi) is 3.50. The number of sulfonamides is 1. The van der Waals surface area contributed by atoms with Crippen molar-refractivity contribution >= 4 is 43.9 Å². The fourth-order valence-electron chi connectivity index (χ4n) is 1.16. The highest BCUT2D eigenvalue weighted by Crippen LogP contribution is 2.16. The highest BCUT2D eigenvalue weighted by molar-refractivity contribution is 7.93. The molecule has 0 aliphatic rings. The smallest absolute Gasteiger partial charge is 0.263 e. The second kappa shape index (κ2) is 4.92. The zero-order valence-electron chi connectivity index (χ0n) is 8.77. The summed E-state index contributed by atoms with van der Waals surface area (Å²) in [7, 11) is -3.74. The number of nitrogens with zero attached hydrogens (tertiary/aromatic N) is 3. The molecule has 7 nitrogen and oxygen atoms in total. The first kappa shape index (κ1) is 12.8. The zero-order chi connectivity index (χ0) is 13.2. The number of rotatable bonds is 4. The lowest BCUT2D eigenvalue weighted by Gasteiger charge is -2.05. The molecule has 0 saturated carbocycles. The summed E-state index contributed by atoms with van der Waals surface area (Å²) in [5.41, 5.74) is 5.92. The molecule has 18 heavy (non-hydrogen) atoms. The normalized spacial score (nSPS) is 11.1. The van der Waals surface area contributed by atoms with Crippen LogP contribution in [-0.4, -0.2) is 28.2 Å². The van der Waals surface area contributed by atoms with Crippen LogP contribution in [0.3, 0.4) is 0 Å². The second-order valence-electron chi connectivity index (χ2n) is 3.17. The Bertz CT molecular complexity index is 668. The molecule has 2 rings (SSSR count). The number of thiocarbonyl (C=S) groups is 1. The molecule has 0 aliphatic carbocycles. The lowest BCUT2D eigenvalue weighted by Crippen LogP contribution is -2.15. The quantitative estimate of drug-likeness (QED) is 0.785. The van der Waals surface area contributed by atoms with Crippen LogP contribution in [0.5, 0.6) is 0 Å². The molecule has 0 fully saturated rings. The molecular weight excluding hydrogens is 294 g/mol. The lowest BCUT2D eigenvalue weighted by atomic mass is 10.2. The number of anilines is 1. The van der Waals surface area contributed by atoms with Crippen LogP contribution < -0.4 is 10.5 Å². The molecule has 94 valence electrons. The molecular formula is C8H7N5O2S3. The first-order valence-corrected chi connectivity index (χ1v) is 7.23. The van der Waals surface area contributed by atoms with Crippen LogP contribution in [0.15, 0.2) is 29.2 Å². The molecule has 1 heterocycles. The summed E-state index contributed by atoms with van der Waals surface area (Å²) < 4.78 is 29.7. The maximum atomic E-state index is 12.0. The highest BCUT2D eigenvalue weighted by Gasteiger charge is 2.16. The minimum atomic E-state index is -3.74. The van der Waals surface area contributed by atoms with Gasteiger partial charge in [0, 0.05) is 17.1 Å². The number of aromatic nitrogens is 3. The Morgan fingerprint density at radius 2 is 2.22 bits per heavy atom. The van der Waals surface area contributed by atoms with Gasteiger partial charge in [-0.25, -0.2) is 8.42 Å². The number of nitrogens with two attached hydrogens (primary N) is 1. The first-order chi connectivity index (χ1) is 8.49. The Balaban J connectivity index is 2.35. The molecule has 0 radical (unpaired) electrons. The van der Waals surface area contributed by atoms with Crippen molar-refractivity contribution in [2.45, 2.75) is 4.90 Å². The average molecular weight is 301 g/mol. The van der Waals surface area contributed by atoms with Gasteiger partial charge < -0.3 is 5.73 Å². The molecule has 0 spiro atoms. The van der Waals surface area contributed by atoms with Crippen LogP contribution in [0.4, 0.5) is 5.13 Å². The van der Waals surface area contributed by atoms with E-state index in [4.69, 9.17) is 18.0 Å². The van der Waals surface area contributed by atoms with Crippen LogP contribution in [0.2, 0.25) is 0 Å². The average Bonchev–Trinajstić information content (AvgIpc) is 2.81. The van der Waals surface area contributed by atoms with E-state index >= 15 is 0 Å². The van der Waals surface area contributed by atoms with E-state index in [-0.39, 0.29) is 15.0 Å². The standard InChI is InChI=1S/C8H7N5O2S3/c9-7(16)5-2-1-3-6(4-5)18(14,15)11-8-10-12-13-17-8/h1-4H,(H2,9,16)(H,10,11,13). The number of benzene rings is 1. The minimum Gasteiger partial charge on any atom is -0.389 e. The molecule has 3 N–H and O–H groups in total.